The Hall–Kier alpha value is -2.11. The molecule has 2 bridgehead atoms. The normalized spacial score (nSPS) is 22.2. The van der Waals surface area contributed by atoms with Crippen molar-refractivity contribution in [1.29, 1.82) is 0 Å². The van der Waals surface area contributed by atoms with E-state index in [1.165, 1.54) is 18.4 Å². The molecular formula is C20H25N3O2. The number of anilines is 1. The highest BCUT2D eigenvalue weighted by Crippen LogP contribution is 2.32. The fraction of sp³-hybridized carbons (Fsp3) is 0.450. The lowest BCUT2D eigenvalue weighted by Crippen LogP contribution is -2.59. The zero-order valence-electron chi connectivity index (χ0n) is 14.6. The molecule has 5 rings (SSSR count). The van der Waals surface area contributed by atoms with Gasteiger partial charge in [-0.1, -0.05) is 12.1 Å². The molecule has 3 aliphatic rings. The van der Waals surface area contributed by atoms with Crippen LogP contribution in [0.15, 0.2) is 42.7 Å². The highest BCUT2D eigenvalue weighted by Gasteiger charge is 2.33. The van der Waals surface area contributed by atoms with Gasteiger partial charge in [-0.3, -0.25) is 10.3 Å². The van der Waals surface area contributed by atoms with Gasteiger partial charge in [-0.2, -0.15) is 0 Å². The van der Waals surface area contributed by atoms with E-state index in [2.05, 4.69) is 33.4 Å². The number of pyridine rings is 1. The van der Waals surface area contributed by atoms with E-state index < -0.39 is 0 Å². The highest BCUT2D eigenvalue weighted by molar-refractivity contribution is 5.50. The van der Waals surface area contributed by atoms with Crippen LogP contribution in [-0.2, 0) is 11.2 Å². The zero-order valence-corrected chi connectivity index (χ0v) is 14.6. The quantitative estimate of drug-likeness (QED) is 0.876. The maximum absolute atomic E-state index is 6.01. The monoisotopic (exact) mass is 339 g/mol. The van der Waals surface area contributed by atoms with Crippen LogP contribution in [0.2, 0.25) is 0 Å². The summed E-state index contributed by atoms with van der Waals surface area (Å²) in [6, 6.07) is 10.3. The Morgan fingerprint density at radius 1 is 1.16 bits per heavy atom. The number of benzene rings is 1. The topological polar surface area (TPSA) is 46.6 Å². The Morgan fingerprint density at radius 2 is 2.04 bits per heavy atom. The molecule has 3 saturated heterocycles. The van der Waals surface area contributed by atoms with E-state index in [4.69, 9.17) is 9.47 Å². The van der Waals surface area contributed by atoms with Gasteiger partial charge in [0.2, 0.25) is 0 Å². The fourth-order valence-electron chi connectivity index (χ4n) is 3.71. The van der Waals surface area contributed by atoms with Gasteiger partial charge in [-0.25, -0.2) is 0 Å². The molecule has 132 valence electrons. The molecule has 2 atom stereocenters. The highest BCUT2D eigenvalue weighted by atomic mass is 16.5. The summed E-state index contributed by atoms with van der Waals surface area (Å²) in [5, 5.41) is 3.61. The van der Waals surface area contributed by atoms with Gasteiger partial charge in [0, 0.05) is 26.3 Å². The molecule has 0 saturated carbocycles. The average Bonchev–Trinajstić information content (AvgIpc) is 2.68. The van der Waals surface area contributed by atoms with Crippen LogP contribution in [0, 0.1) is 5.92 Å². The van der Waals surface area contributed by atoms with Gasteiger partial charge < -0.3 is 14.4 Å². The summed E-state index contributed by atoms with van der Waals surface area (Å²) in [4.78, 5) is 6.81. The van der Waals surface area contributed by atoms with Crippen molar-refractivity contribution >= 4 is 5.69 Å². The smallest absolute Gasteiger partial charge is 0.147 e. The maximum atomic E-state index is 6.01. The van der Waals surface area contributed by atoms with Crippen LogP contribution in [0.1, 0.15) is 18.4 Å². The molecule has 4 heterocycles. The van der Waals surface area contributed by atoms with Crippen molar-refractivity contribution in [2.24, 2.45) is 5.92 Å². The minimum Gasteiger partial charge on any atom is -0.456 e. The number of fused-ring (bicyclic) bond motifs is 3. The number of methoxy groups -OCH3 is 1. The van der Waals surface area contributed by atoms with E-state index in [0.717, 1.165) is 49.2 Å². The summed E-state index contributed by atoms with van der Waals surface area (Å²) in [6.45, 7) is 2.98. The van der Waals surface area contributed by atoms with E-state index >= 15 is 0 Å². The van der Waals surface area contributed by atoms with Crippen LogP contribution in [0.5, 0.6) is 11.5 Å². The van der Waals surface area contributed by atoms with Crippen LogP contribution in [0.25, 0.3) is 0 Å². The first-order valence-corrected chi connectivity index (χ1v) is 9.02. The Labute approximate surface area is 149 Å². The molecule has 1 aromatic heterocycles. The lowest BCUT2D eigenvalue weighted by Gasteiger charge is -2.47. The molecular weight excluding hydrogens is 314 g/mol. The Bertz CT molecular complexity index is 696. The predicted octanol–water partition coefficient (Wildman–Crippen LogP) is 3.21. The first-order valence-electron chi connectivity index (χ1n) is 9.02. The molecule has 3 aliphatic heterocycles. The lowest BCUT2D eigenvalue weighted by atomic mass is 9.91. The third-order valence-electron chi connectivity index (χ3n) is 5.11. The van der Waals surface area contributed by atoms with E-state index in [9.17, 15) is 0 Å². The van der Waals surface area contributed by atoms with E-state index in [1.807, 2.05) is 18.3 Å². The second-order valence-electron chi connectivity index (χ2n) is 6.89. The van der Waals surface area contributed by atoms with Crippen LogP contribution >= 0.6 is 0 Å². The van der Waals surface area contributed by atoms with Gasteiger partial charge in [-0.05, 0) is 42.9 Å². The minimum atomic E-state index is 0.433. The summed E-state index contributed by atoms with van der Waals surface area (Å²) in [6.07, 6.45) is 7.59. The summed E-state index contributed by atoms with van der Waals surface area (Å²) in [5.74, 6) is 2.36. The average molecular weight is 339 g/mol. The van der Waals surface area contributed by atoms with Gasteiger partial charge in [-0.15, -0.1) is 0 Å². The standard InChI is InChI=1S/C20H25N3O2/c1-24-9-8-15-2-5-18(6-3-15)25-19-10-17(12-21-13-19)23-14-16-4-7-20(23)22-11-16/h2-3,5-6,10,12-13,16,20,22H,4,7-9,11,14H2,1H3. The summed E-state index contributed by atoms with van der Waals surface area (Å²) in [5.41, 5.74) is 2.38. The van der Waals surface area contributed by atoms with Crippen molar-refractivity contribution in [1.82, 2.24) is 10.3 Å². The molecule has 0 radical (unpaired) electrons. The largest absolute Gasteiger partial charge is 0.456 e. The first kappa shape index (κ1) is 16.4. The molecule has 0 aliphatic carbocycles. The molecule has 1 N–H and O–H groups in total. The van der Waals surface area contributed by atoms with Crippen molar-refractivity contribution < 1.29 is 9.47 Å². The van der Waals surface area contributed by atoms with E-state index in [-0.39, 0.29) is 0 Å². The number of hydrogen-bond donors (Lipinski definition) is 1. The van der Waals surface area contributed by atoms with Crippen molar-refractivity contribution in [2.75, 3.05) is 31.7 Å². The number of ether oxygens (including phenoxy) is 2. The Morgan fingerprint density at radius 3 is 2.72 bits per heavy atom. The van der Waals surface area contributed by atoms with Crippen LogP contribution in [-0.4, -0.2) is 38.0 Å². The lowest BCUT2D eigenvalue weighted by molar-refractivity contribution is 0.202. The molecule has 3 fully saturated rings. The van der Waals surface area contributed by atoms with Crippen LogP contribution < -0.4 is 15.0 Å². The third-order valence-corrected chi connectivity index (χ3v) is 5.11. The molecule has 2 aromatic rings. The van der Waals surface area contributed by atoms with Crippen LogP contribution in [0.4, 0.5) is 5.69 Å². The number of hydrogen-bond acceptors (Lipinski definition) is 5. The zero-order chi connectivity index (χ0) is 17.1. The summed E-state index contributed by atoms with van der Waals surface area (Å²) in [7, 11) is 1.72. The fourth-order valence-corrected chi connectivity index (χ4v) is 3.71. The Balaban J connectivity index is 1.44. The van der Waals surface area contributed by atoms with Crippen molar-refractivity contribution in [3.05, 3.63) is 48.3 Å². The molecule has 1 aromatic carbocycles. The first-order chi connectivity index (χ1) is 12.3. The number of nitrogens with zero attached hydrogens (tertiary/aromatic N) is 2. The number of rotatable bonds is 6. The van der Waals surface area contributed by atoms with Gasteiger partial charge in [0.1, 0.15) is 11.5 Å². The second kappa shape index (κ2) is 7.42. The number of aromatic nitrogens is 1. The molecule has 2 unspecified atom stereocenters. The summed E-state index contributed by atoms with van der Waals surface area (Å²) >= 11 is 0. The third kappa shape index (κ3) is 3.78. The van der Waals surface area contributed by atoms with E-state index in [0.29, 0.717) is 6.17 Å². The second-order valence-corrected chi connectivity index (χ2v) is 6.89. The SMILES string of the molecule is COCCc1ccc(Oc2cncc(N3CC4CCC3NC4)c2)cc1. The van der Waals surface area contributed by atoms with Gasteiger partial charge >= 0.3 is 0 Å². The number of nitrogens with one attached hydrogen (secondary N) is 1. The summed E-state index contributed by atoms with van der Waals surface area (Å²) < 4.78 is 11.1. The van der Waals surface area contributed by atoms with Gasteiger partial charge in [0.15, 0.2) is 0 Å². The van der Waals surface area contributed by atoms with Gasteiger partial charge in [0.05, 0.1) is 30.9 Å². The van der Waals surface area contributed by atoms with Crippen molar-refractivity contribution in [2.45, 2.75) is 25.4 Å². The molecule has 5 nitrogen and oxygen atoms in total. The Kier molecular flexibility index (Phi) is 4.85. The molecule has 5 heteroatoms. The molecule has 25 heavy (non-hydrogen) atoms. The molecule has 0 amide bonds. The van der Waals surface area contributed by atoms with Crippen LogP contribution in [0.3, 0.4) is 0 Å². The number of piperidine rings is 2. The minimum absolute atomic E-state index is 0.433. The maximum Gasteiger partial charge on any atom is 0.147 e. The van der Waals surface area contributed by atoms with E-state index in [1.54, 1.807) is 13.3 Å². The predicted molar refractivity (Wildman–Crippen MR) is 98.2 cm³/mol. The van der Waals surface area contributed by atoms with Crippen molar-refractivity contribution in [3.8, 4) is 11.5 Å². The molecule has 0 spiro atoms. The van der Waals surface area contributed by atoms with Crippen molar-refractivity contribution in [3.63, 3.8) is 0 Å². The van der Waals surface area contributed by atoms with Gasteiger partial charge in [0.25, 0.3) is 0 Å².